The van der Waals surface area contributed by atoms with Gasteiger partial charge in [0.05, 0.1) is 6.61 Å². The van der Waals surface area contributed by atoms with Crippen molar-refractivity contribution in [1.29, 1.82) is 0 Å². The first-order chi connectivity index (χ1) is 9.81. The highest BCUT2D eigenvalue weighted by Crippen LogP contribution is 2.24. The van der Waals surface area contributed by atoms with Crippen LogP contribution in [-0.2, 0) is 4.74 Å². The van der Waals surface area contributed by atoms with Crippen LogP contribution >= 0.6 is 12.2 Å². The number of thiocarbonyl (C=S) groups is 1. The molecule has 6 nitrogen and oxygen atoms in total. The Balaban J connectivity index is 2.66. The van der Waals surface area contributed by atoms with Crippen LogP contribution < -0.4 is 15.4 Å². The minimum absolute atomic E-state index is 0.0523. The predicted molar refractivity (Wildman–Crippen MR) is 72.2 cm³/mol. The number of hydrogen-bond acceptors (Lipinski definition) is 5. The lowest BCUT2D eigenvalue weighted by atomic mass is 10.4. The summed E-state index contributed by atoms with van der Waals surface area (Å²) in [6.45, 7) is 0.293. The van der Waals surface area contributed by atoms with Crippen molar-refractivity contribution >= 4 is 29.2 Å². The number of nitrogens with zero attached hydrogens (tertiary/aromatic N) is 1. The third kappa shape index (κ3) is 6.75. The number of carbonyl (C=O) groups excluding carboxylic acids is 1. The van der Waals surface area contributed by atoms with Crippen molar-refractivity contribution in [2.24, 2.45) is 0 Å². The van der Waals surface area contributed by atoms with Crippen LogP contribution in [-0.4, -0.2) is 35.6 Å². The standard InChI is InChI=1S/C11H12F3N3O3S/c1-2-19-10(18)17-9(21)16-8-7(4-3-5-15-8)20-6-11(12,13)14/h3-5H,2,6H2,1H3,(H2,15,16,17,18,21). The molecule has 1 aromatic heterocycles. The summed E-state index contributed by atoms with van der Waals surface area (Å²) in [5.74, 6) is -0.202. The largest absolute Gasteiger partial charge is 0.480 e. The maximum atomic E-state index is 12.1. The van der Waals surface area contributed by atoms with E-state index >= 15 is 0 Å². The molecule has 0 bridgehead atoms. The number of halogens is 3. The zero-order valence-electron chi connectivity index (χ0n) is 10.9. The number of nitrogens with one attached hydrogen (secondary N) is 2. The summed E-state index contributed by atoms with van der Waals surface area (Å²) < 4.78 is 45.6. The fourth-order valence-electron chi connectivity index (χ4n) is 1.16. The van der Waals surface area contributed by atoms with Crippen molar-refractivity contribution in [3.8, 4) is 5.75 Å². The molecule has 0 saturated heterocycles. The summed E-state index contributed by atoms with van der Waals surface area (Å²) in [6.07, 6.45) is -3.93. The Bertz CT molecular complexity index is 511. The average molecular weight is 323 g/mol. The van der Waals surface area contributed by atoms with Gasteiger partial charge in [-0.25, -0.2) is 9.78 Å². The molecule has 2 N–H and O–H groups in total. The Kier molecular flexibility index (Phi) is 6.15. The van der Waals surface area contributed by atoms with E-state index < -0.39 is 18.9 Å². The lowest BCUT2D eigenvalue weighted by molar-refractivity contribution is -0.153. The molecule has 1 aromatic rings. The van der Waals surface area contributed by atoms with Gasteiger partial charge in [-0.15, -0.1) is 0 Å². The number of pyridine rings is 1. The predicted octanol–water partition coefficient (Wildman–Crippen LogP) is 2.47. The molecular weight excluding hydrogens is 311 g/mol. The number of ether oxygens (including phenoxy) is 2. The zero-order valence-corrected chi connectivity index (χ0v) is 11.7. The molecule has 1 rings (SSSR count). The third-order valence-corrected chi connectivity index (χ3v) is 2.09. The Morgan fingerprint density at radius 3 is 2.81 bits per heavy atom. The number of amides is 1. The normalized spacial score (nSPS) is 10.7. The molecule has 0 atom stereocenters. The van der Waals surface area contributed by atoms with Gasteiger partial charge in [-0.1, -0.05) is 0 Å². The third-order valence-electron chi connectivity index (χ3n) is 1.88. The van der Waals surface area contributed by atoms with E-state index in [1.54, 1.807) is 6.92 Å². The second kappa shape index (κ2) is 7.62. The Hall–Kier alpha value is -2.10. The van der Waals surface area contributed by atoms with Gasteiger partial charge in [0.2, 0.25) is 0 Å². The van der Waals surface area contributed by atoms with Crippen LogP contribution in [0.2, 0.25) is 0 Å². The van der Waals surface area contributed by atoms with Crippen LogP contribution in [0, 0.1) is 0 Å². The molecule has 0 aromatic carbocycles. The molecule has 0 saturated carbocycles. The topological polar surface area (TPSA) is 72.5 Å². The van der Waals surface area contributed by atoms with E-state index in [-0.39, 0.29) is 23.3 Å². The highest BCUT2D eigenvalue weighted by molar-refractivity contribution is 7.80. The van der Waals surface area contributed by atoms with Crippen molar-refractivity contribution in [2.75, 3.05) is 18.5 Å². The summed E-state index contributed by atoms with van der Waals surface area (Å²) in [7, 11) is 0. The van der Waals surface area contributed by atoms with Gasteiger partial charge in [-0.3, -0.25) is 5.32 Å². The number of anilines is 1. The van der Waals surface area contributed by atoms with Crippen LogP contribution in [0.5, 0.6) is 5.75 Å². The van der Waals surface area contributed by atoms with Gasteiger partial charge in [-0.2, -0.15) is 13.2 Å². The van der Waals surface area contributed by atoms with E-state index in [9.17, 15) is 18.0 Å². The molecule has 0 aliphatic rings. The van der Waals surface area contributed by atoms with E-state index in [0.29, 0.717) is 0 Å². The highest BCUT2D eigenvalue weighted by atomic mass is 32.1. The Morgan fingerprint density at radius 2 is 2.19 bits per heavy atom. The average Bonchev–Trinajstić information content (AvgIpc) is 2.36. The van der Waals surface area contributed by atoms with Crippen molar-refractivity contribution in [1.82, 2.24) is 10.3 Å². The van der Waals surface area contributed by atoms with Crippen LogP contribution in [0.1, 0.15) is 6.92 Å². The maximum absolute atomic E-state index is 12.1. The molecule has 1 heterocycles. The lowest BCUT2D eigenvalue weighted by Gasteiger charge is -2.14. The molecule has 10 heteroatoms. The Labute approximate surface area is 123 Å². The number of alkyl halides is 3. The fourth-order valence-corrected chi connectivity index (χ4v) is 1.34. The van der Waals surface area contributed by atoms with Gasteiger partial charge in [0.1, 0.15) is 0 Å². The minimum atomic E-state index is -4.48. The Morgan fingerprint density at radius 1 is 1.48 bits per heavy atom. The molecule has 0 aliphatic heterocycles. The summed E-state index contributed by atoms with van der Waals surface area (Å²) in [4.78, 5) is 14.9. The lowest BCUT2D eigenvalue weighted by Crippen LogP contribution is -2.35. The van der Waals surface area contributed by atoms with Gasteiger partial charge >= 0.3 is 12.3 Å². The molecule has 21 heavy (non-hydrogen) atoms. The van der Waals surface area contributed by atoms with Crippen LogP contribution in [0.3, 0.4) is 0 Å². The first kappa shape index (κ1) is 17.0. The second-order valence-electron chi connectivity index (χ2n) is 3.55. The van der Waals surface area contributed by atoms with Crippen molar-refractivity contribution in [3.63, 3.8) is 0 Å². The van der Waals surface area contributed by atoms with E-state index in [0.717, 1.165) is 0 Å². The van der Waals surface area contributed by atoms with E-state index in [4.69, 9.17) is 12.2 Å². The molecule has 0 aliphatic carbocycles. The number of rotatable bonds is 4. The molecule has 0 unspecified atom stereocenters. The van der Waals surface area contributed by atoms with Crippen molar-refractivity contribution < 1.29 is 27.4 Å². The van der Waals surface area contributed by atoms with E-state index in [1.165, 1.54) is 18.3 Å². The fraction of sp³-hybridized carbons (Fsp3) is 0.364. The van der Waals surface area contributed by atoms with Crippen LogP contribution in [0.25, 0.3) is 0 Å². The molecule has 0 fully saturated rings. The smallest absolute Gasteiger partial charge is 0.422 e. The van der Waals surface area contributed by atoms with Gasteiger partial charge in [-0.05, 0) is 31.3 Å². The number of hydrogen-bond donors (Lipinski definition) is 2. The molecule has 116 valence electrons. The second-order valence-corrected chi connectivity index (χ2v) is 3.96. The first-order valence-corrected chi connectivity index (χ1v) is 6.12. The van der Waals surface area contributed by atoms with Crippen LogP contribution in [0.15, 0.2) is 18.3 Å². The van der Waals surface area contributed by atoms with Crippen LogP contribution in [0.4, 0.5) is 23.8 Å². The van der Waals surface area contributed by atoms with Gasteiger partial charge in [0.15, 0.2) is 23.3 Å². The number of aromatic nitrogens is 1. The maximum Gasteiger partial charge on any atom is 0.422 e. The summed E-state index contributed by atoms with van der Waals surface area (Å²) in [5.41, 5.74) is 0. The quantitative estimate of drug-likeness (QED) is 0.830. The van der Waals surface area contributed by atoms with Gasteiger partial charge in [0, 0.05) is 6.20 Å². The number of alkyl carbamates (subject to hydrolysis) is 1. The number of carbonyl (C=O) groups is 1. The summed E-state index contributed by atoms with van der Waals surface area (Å²) in [6, 6.07) is 2.69. The first-order valence-electron chi connectivity index (χ1n) is 5.71. The van der Waals surface area contributed by atoms with Crippen molar-refractivity contribution in [2.45, 2.75) is 13.1 Å². The molecule has 1 amide bonds. The van der Waals surface area contributed by atoms with E-state index in [2.05, 4.69) is 25.1 Å². The monoisotopic (exact) mass is 323 g/mol. The SMILES string of the molecule is CCOC(=O)NC(=S)Nc1ncccc1OCC(F)(F)F. The molecule has 0 radical (unpaired) electrons. The molecule has 0 spiro atoms. The zero-order chi connectivity index (χ0) is 15.9. The summed E-state index contributed by atoms with van der Waals surface area (Å²) in [5, 5.41) is 4.45. The highest BCUT2D eigenvalue weighted by Gasteiger charge is 2.29. The van der Waals surface area contributed by atoms with Gasteiger partial charge < -0.3 is 14.8 Å². The minimum Gasteiger partial charge on any atom is -0.480 e. The molecular formula is C11H12F3N3O3S. The van der Waals surface area contributed by atoms with Gasteiger partial charge in [0.25, 0.3) is 0 Å². The van der Waals surface area contributed by atoms with Crippen molar-refractivity contribution in [3.05, 3.63) is 18.3 Å². The summed E-state index contributed by atoms with van der Waals surface area (Å²) >= 11 is 4.80. The van der Waals surface area contributed by atoms with E-state index in [1.807, 2.05) is 0 Å².